The fourth-order valence-corrected chi connectivity index (χ4v) is 2.31. The number of nitrogens with two attached hydrogens (primary N) is 1. The molecule has 0 radical (unpaired) electrons. The molecule has 0 heterocycles. The van der Waals surface area contributed by atoms with E-state index < -0.39 is 0 Å². The molecule has 0 amide bonds. The summed E-state index contributed by atoms with van der Waals surface area (Å²) in [5, 5.41) is 10.6. The Morgan fingerprint density at radius 1 is 1.05 bits per heavy atom. The summed E-state index contributed by atoms with van der Waals surface area (Å²) in [5.41, 5.74) is 8.39. The molecular formula is C16H25NOS. The molecule has 0 saturated carbocycles. The van der Waals surface area contributed by atoms with E-state index in [2.05, 4.69) is 41.5 Å². The van der Waals surface area contributed by atoms with E-state index in [0.717, 1.165) is 16.7 Å². The van der Waals surface area contributed by atoms with Gasteiger partial charge in [-0.2, -0.15) is 0 Å². The standard InChI is InChI=1S/C16H25NOS/c1-15(2,3)11-7-10(9-13(17)19)8-12(14(11)18)16(4,5)6/h7-8,18H,9H2,1-6H3,(H2,17,19). The summed E-state index contributed by atoms with van der Waals surface area (Å²) in [6, 6.07) is 4.04. The second kappa shape index (κ2) is 5.12. The van der Waals surface area contributed by atoms with Crippen molar-refractivity contribution in [3.05, 3.63) is 28.8 Å². The predicted molar refractivity (Wildman–Crippen MR) is 86.0 cm³/mol. The van der Waals surface area contributed by atoms with Gasteiger partial charge >= 0.3 is 0 Å². The predicted octanol–water partition coefficient (Wildman–Crippen LogP) is 3.82. The third-order valence-electron chi connectivity index (χ3n) is 3.16. The van der Waals surface area contributed by atoms with Gasteiger partial charge in [0.05, 0.1) is 4.99 Å². The SMILES string of the molecule is CC(C)(C)c1cc(CC(N)=S)cc(C(C)(C)C)c1O. The fraction of sp³-hybridized carbons (Fsp3) is 0.562. The first-order valence-electron chi connectivity index (χ1n) is 6.58. The number of phenols is 1. The summed E-state index contributed by atoms with van der Waals surface area (Å²) in [4.78, 5) is 0.477. The average molecular weight is 279 g/mol. The van der Waals surface area contributed by atoms with Crippen molar-refractivity contribution < 1.29 is 5.11 Å². The van der Waals surface area contributed by atoms with E-state index in [0.29, 0.717) is 17.2 Å². The Labute approximate surface area is 122 Å². The lowest BCUT2D eigenvalue weighted by atomic mass is 9.78. The fourth-order valence-electron chi connectivity index (χ4n) is 2.14. The quantitative estimate of drug-likeness (QED) is 0.809. The molecule has 0 atom stereocenters. The maximum absolute atomic E-state index is 10.6. The third kappa shape index (κ3) is 3.93. The minimum absolute atomic E-state index is 0.115. The molecule has 3 N–H and O–H groups in total. The minimum atomic E-state index is -0.115. The highest BCUT2D eigenvalue weighted by atomic mass is 32.1. The third-order valence-corrected chi connectivity index (χ3v) is 3.31. The highest BCUT2D eigenvalue weighted by molar-refractivity contribution is 7.80. The summed E-state index contributed by atoms with van der Waals surface area (Å²) >= 11 is 5.00. The molecule has 0 aliphatic carbocycles. The number of rotatable bonds is 2. The van der Waals surface area contributed by atoms with Crippen LogP contribution in [0.5, 0.6) is 5.75 Å². The minimum Gasteiger partial charge on any atom is -0.507 e. The second-order valence-corrected chi connectivity index (χ2v) is 7.71. The van der Waals surface area contributed by atoms with Gasteiger partial charge in [0.2, 0.25) is 0 Å². The summed E-state index contributed by atoms with van der Waals surface area (Å²) < 4.78 is 0. The van der Waals surface area contributed by atoms with E-state index in [9.17, 15) is 5.11 Å². The number of thiocarbonyl (C=S) groups is 1. The molecule has 0 fully saturated rings. The molecular weight excluding hydrogens is 254 g/mol. The zero-order valence-electron chi connectivity index (χ0n) is 12.8. The first kappa shape index (κ1) is 16.0. The zero-order valence-corrected chi connectivity index (χ0v) is 13.6. The summed E-state index contributed by atoms with van der Waals surface area (Å²) in [5.74, 6) is 0.395. The lowest BCUT2D eigenvalue weighted by Crippen LogP contribution is -2.19. The van der Waals surface area contributed by atoms with Crippen molar-refractivity contribution in [3.63, 3.8) is 0 Å². The Hall–Kier alpha value is -1.09. The smallest absolute Gasteiger partial charge is 0.123 e. The lowest BCUT2D eigenvalue weighted by molar-refractivity contribution is 0.423. The van der Waals surface area contributed by atoms with Gasteiger partial charge in [-0.1, -0.05) is 65.9 Å². The highest BCUT2D eigenvalue weighted by Crippen LogP contribution is 2.39. The maximum Gasteiger partial charge on any atom is 0.123 e. The molecule has 0 spiro atoms. The van der Waals surface area contributed by atoms with Gasteiger partial charge in [-0.25, -0.2) is 0 Å². The van der Waals surface area contributed by atoms with E-state index >= 15 is 0 Å². The van der Waals surface area contributed by atoms with Crippen LogP contribution in [0.1, 0.15) is 58.2 Å². The van der Waals surface area contributed by atoms with E-state index in [4.69, 9.17) is 18.0 Å². The second-order valence-electron chi connectivity index (χ2n) is 7.18. The van der Waals surface area contributed by atoms with Crippen molar-refractivity contribution in [3.8, 4) is 5.75 Å². The van der Waals surface area contributed by atoms with E-state index in [1.54, 1.807) is 0 Å². The molecule has 0 aromatic heterocycles. The topological polar surface area (TPSA) is 46.2 Å². The van der Waals surface area contributed by atoms with Crippen LogP contribution in [0.3, 0.4) is 0 Å². The van der Waals surface area contributed by atoms with Gasteiger partial charge in [-0.05, 0) is 27.5 Å². The molecule has 106 valence electrons. The highest BCUT2D eigenvalue weighted by Gasteiger charge is 2.26. The lowest BCUT2D eigenvalue weighted by Gasteiger charge is -2.28. The van der Waals surface area contributed by atoms with Crippen molar-refractivity contribution in [1.29, 1.82) is 0 Å². The monoisotopic (exact) mass is 279 g/mol. The van der Waals surface area contributed by atoms with Crippen LogP contribution in [0.15, 0.2) is 12.1 Å². The molecule has 0 aliphatic heterocycles. The van der Waals surface area contributed by atoms with Crippen molar-refractivity contribution >= 4 is 17.2 Å². The van der Waals surface area contributed by atoms with E-state index in [-0.39, 0.29) is 10.8 Å². The number of benzene rings is 1. The van der Waals surface area contributed by atoms with Gasteiger partial charge in [0.15, 0.2) is 0 Å². The number of hydrogen-bond acceptors (Lipinski definition) is 2. The average Bonchev–Trinajstić information content (AvgIpc) is 2.16. The van der Waals surface area contributed by atoms with E-state index in [1.165, 1.54) is 0 Å². The normalized spacial score (nSPS) is 12.5. The van der Waals surface area contributed by atoms with Crippen LogP contribution in [-0.4, -0.2) is 10.1 Å². The van der Waals surface area contributed by atoms with Gasteiger partial charge in [0.1, 0.15) is 5.75 Å². The molecule has 1 aromatic rings. The van der Waals surface area contributed by atoms with Crippen LogP contribution >= 0.6 is 12.2 Å². The molecule has 3 heteroatoms. The van der Waals surface area contributed by atoms with Crippen LogP contribution < -0.4 is 5.73 Å². The van der Waals surface area contributed by atoms with Gasteiger partial charge in [-0.3, -0.25) is 0 Å². The van der Waals surface area contributed by atoms with Crippen molar-refractivity contribution in [2.45, 2.75) is 58.8 Å². The Kier molecular flexibility index (Phi) is 4.30. The van der Waals surface area contributed by atoms with Gasteiger partial charge in [0, 0.05) is 6.42 Å². The molecule has 0 saturated heterocycles. The summed E-state index contributed by atoms with van der Waals surface area (Å²) in [6.07, 6.45) is 0.571. The van der Waals surface area contributed by atoms with Crippen molar-refractivity contribution in [2.24, 2.45) is 5.73 Å². The Morgan fingerprint density at radius 2 is 1.42 bits per heavy atom. The Morgan fingerprint density at radius 3 is 1.68 bits per heavy atom. The number of aromatic hydroxyl groups is 1. The number of hydrogen-bond donors (Lipinski definition) is 2. The first-order chi connectivity index (χ1) is 8.43. The Bertz CT molecular complexity index is 457. The van der Waals surface area contributed by atoms with Crippen LogP contribution in [0.4, 0.5) is 0 Å². The summed E-state index contributed by atoms with van der Waals surface area (Å²) in [6.45, 7) is 12.6. The molecule has 2 nitrogen and oxygen atoms in total. The van der Waals surface area contributed by atoms with Gasteiger partial charge in [0.25, 0.3) is 0 Å². The van der Waals surface area contributed by atoms with Crippen LogP contribution in [-0.2, 0) is 17.3 Å². The van der Waals surface area contributed by atoms with Crippen molar-refractivity contribution in [1.82, 2.24) is 0 Å². The van der Waals surface area contributed by atoms with Gasteiger partial charge in [-0.15, -0.1) is 0 Å². The molecule has 1 aromatic carbocycles. The number of phenolic OH excluding ortho intramolecular Hbond substituents is 1. The Balaban J connectivity index is 3.52. The molecule has 1 rings (SSSR count). The molecule has 0 bridgehead atoms. The maximum atomic E-state index is 10.6. The first-order valence-corrected chi connectivity index (χ1v) is 6.99. The molecule has 0 unspecified atom stereocenters. The zero-order chi connectivity index (χ0) is 15.0. The largest absolute Gasteiger partial charge is 0.507 e. The van der Waals surface area contributed by atoms with Gasteiger partial charge < -0.3 is 10.8 Å². The van der Waals surface area contributed by atoms with Crippen molar-refractivity contribution in [2.75, 3.05) is 0 Å². The summed E-state index contributed by atoms with van der Waals surface area (Å²) in [7, 11) is 0. The molecule has 19 heavy (non-hydrogen) atoms. The van der Waals surface area contributed by atoms with Crippen LogP contribution in [0.25, 0.3) is 0 Å². The molecule has 0 aliphatic rings. The van der Waals surface area contributed by atoms with E-state index in [1.807, 2.05) is 12.1 Å². The van der Waals surface area contributed by atoms with Crippen LogP contribution in [0, 0.1) is 0 Å². The van der Waals surface area contributed by atoms with Crippen LogP contribution in [0.2, 0.25) is 0 Å².